The van der Waals surface area contributed by atoms with E-state index in [1.165, 1.54) is 19.2 Å². The molecule has 2 aromatic rings. The highest BCUT2D eigenvalue weighted by Crippen LogP contribution is 2.23. The Bertz CT molecular complexity index is 926. The van der Waals surface area contributed by atoms with E-state index in [1.54, 1.807) is 41.3 Å². The van der Waals surface area contributed by atoms with Gasteiger partial charge in [0.05, 0.1) is 18.4 Å². The largest absolute Gasteiger partial charge is 0.495 e. The Morgan fingerprint density at radius 1 is 1.03 bits per heavy atom. The maximum atomic E-state index is 13.8. The third-order valence-electron chi connectivity index (χ3n) is 5.12. The normalized spacial score (nSPS) is 14.1. The van der Waals surface area contributed by atoms with Crippen molar-refractivity contribution in [3.63, 3.8) is 0 Å². The Morgan fingerprint density at radius 2 is 1.70 bits per heavy atom. The van der Waals surface area contributed by atoms with E-state index in [0.29, 0.717) is 43.9 Å². The van der Waals surface area contributed by atoms with Crippen LogP contribution in [0, 0.1) is 11.7 Å². The Hall–Kier alpha value is -3.42. The molecule has 0 aliphatic carbocycles. The zero-order valence-electron chi connectivity index (χ0n) is 16.7. The SMILES string of the molecule is COc1ccccc1NC(=O)C(=O)NCC1CCN(C(=O)c2ccccc2F)CC1. The number of carbonyl (C=O) groups excluding carboxylic acids is 3. The molecule has 158 valence electrons. The van der Waals surface area contributed by atoms with Crippen molar-refractivity contribution in [3.8, 4) is 5.75 Å². The number of carbonyl (C=O) groups is 3. The van der Waals surface area contributed by atoms with E-state index in [0.717, 1.165) is 0 Å². The lowest BCUT2D eigenvalue weighted by molar-refractivity contribution is -0.136. The molecular weight excluding hydrogens is 389 g/mol. The molecule has 1 fully saturated rings. The van der Waals surface area contributed by atoms with Crippen molar-refractivity contribution in [2.45, 2.75) is 12.8 Å². The fraction of sp³-hybridized carbons (Fsp3) is 0.318. The molecule has 0 atom stereocenters. The number of piperidine rings is 1. The molecule has 1 saturated heterocycles. The van der Waals surface area contributed by atoms with Gasteiger partial charge >= 0.3 is 11.8 Å². The van der Waals surface area contributed by atoms with Crippen LogP contribution < -0.4 is 15.4 Å². The quantitative estimate of drug-likeness (QED) is 0.737. The number of likely N-dealkylation sites (tertiary alicyclic amines) is 1. The third kappa shape index (κ3) is 5.14. The number of hydrogen-bond donors (Lipinski definition) is 2. The van der Waals surface area contributed by atoms with E-state index in [1.807, 2.05) is 0 Å². The Labute approximate surface area is 174 Å². The van der Waals surface area contributed by atoms with Crippen LogP contribution in [-0.4, -0.2) is 49.4 Å². The summed E-state index contributed by atoms with van der Waals surface area (Å²) in [4.78, 5) is 38.3. The number of hydrogen-bond acceptors (Lipinski definition) is 4. The van der Waals surface area contributed by atoms with E-state index in [-0.39, 0.29) is 17.4 Å². The van der Waals surface area contributed by atoms with Gasteiger partial charge in [-0.05, 0) is 43.0 Å². The number of anilines is 1. The molecule has 0 aromatic heterocycles. The summed E-state index contributed by atoms with van der Waals surface area (Å²) in [5, 5.41) is 5.17. The van der Waals surface area contributed by atoms with Crippen LogP contribution in [0.25, 0.3) is 0 Å². The number of amides is 3. The third-order valence-corrected chi connectivity index (χ3v) is 5.12. The van der Waals surface area contributed by atoms with Crippen LogP contribution >= 0.6 is 0 Å². The lowest BCUT2D eigenvalue weighted by atomic mass is 9.96. The number of rotatable bonds is 5. The standard InChI is InChI=1S/C22H24FN3O4/c1-30-19-9-5-4-8-18(19)25-21(28)20(27)24-14-15-10-12-26(13-11-15)22(29)16-6-2-3-7-17(16)23/h2-9,15H,10-14H2,1H3,(H,24,27)(H,25,28). The first-order chi connectivity index (χ1) is 14.5. The first kappa shape index (κ1) is 21.3. The zero-order chi connectivity index (χ0) is 21.5. The Morgan fingerprint density at radius 3 is 2.40 bits per heavy atom. The van der Waals surface area contributed by atoms with Crippen molar-refractivity contribution < 1.29 is 23.5 Å². The van der Waals surface area contributed by atoms with Gasteiger partial charge in [-0.2, -0.15) is 0 Å². The van der Waals surface area contributed by atoms with Gasteiger partial charge in [0.2, 0.25) is 0 Å². The van der Waals surface area contributed by atoms with Gasteiger partial charge in [-0.1, -0.05) is 24.3 Å². The van der Waals surface area contributed by atoms with Crippen molar-refractivity contribution in [2.75, 3.05) is 32.1 Å². The smallest absolute Gasteiger partial charge is 0.313 e. The fourth-order valence-corrected chi connectivity index (χ4v) is 3.39. The molecule has 1 heterocycles. The molecule has 0 bridgehead atoms. The summed E-state index contributed by atoms with van der Waals surface area (Å²) in [6.45, 7) is 1.28. The van der Waals surface area contributed by atoms with Gasteiger partial charge < -0.3 is 20.3 Å². The van der Waals surface area contributed by atoms with Crippen LogP contribution in [0.5, 0.6) is 5.75 Å². The minimum Gasteiger partial charge on any atom is -0.495 e. The van der Waals surface area contributed by atoms with E-state index in [9.17, 15) is 18.8 Å². The van der Waals surface area contributed by atoms with Gasteiger partial charge in [0.15, 0.2) is 0 Å². The molecule has 0 saturated carbocycles. The van der Waals surface area contributed by atoms with Crippen molar-refractivity contribution in [2.24, 2.45) is 5.92 Å². The minimum absolute atomic E-state index is 0.0669. The summed E-state index contributed by atoms with van der Waals surface area (Å²) < 4.78 is 19.0. The minimum atomic E-state index is -0.772. The highest BCUT2D eigenvalue weighted by Gasteiger charge is 2.26. The van der Waals surface area contributed by atoms with Crippen LogP contribution in [0.15, 0.2) is 48.5 Å². The first-order valence-corrected chi connectivity index (χ1v) is 9.75. The lowest BCUT2D eigenvalue weighted by Gasteiger charge is -2.32. The number of halogens is 1. The molecule has 1 aliphatic heterocycles. The topological polar surface area (TPSA) is 87.7 Å². The number of nitrogens with one attached hydrogen (secondary N) is 2. The Kier molecular flexibility index (Phi) is 7.00. The van der Waals surface area contributed by atoms with Gasteiger partial charge in [-0.25, -0.2) is 4.39 Å². The fourth-order valence-electron chi connectivity index (χ4n) is 3.39. The highest BCUT2D eigenvalue weighted by molar-refractivity contribution is 6.39. The second-order valence-corrected chi connectivity index (χ2v) is 7.08. The Balaban J connectivity index is 1.45. The molecular formula is C22H24FN3O4. The molecule has 1 aliphatic rings. The van der Waals surface area contributed by atoms with Crippen molar-refractivity contribution in [1.82, 2.24) is 10.2 Å². The van der Waals surface area contributed by atoms with E-state index in [2.05, 4.69) is 10.6 Å². The van der Waals surface area contributed by atoms with Gasteiger partial charge in [-0.3, -0.25) is 14.4 Å². The van der Waals surface area contributed by atoms with Crippen molar-refractivity contribution >= 4 is 23.4 Å². The molecule has 2 N–H and O–H groups in total. The summed E-state index contributed by atoms with van der Waals surface area (Å²) in [6, 6.07) is 12.7. The summed E-state index contributed by atoms with van der Waals surface area (Å²) in [6.07, 6.45) is 1.32. The number of para-hydroxylation sites is 2. The van der Waals surface area contributed by atoms with Crippen LogP contribution in [0.3, 0.4) is 0 Å². The number of nitrogens with zero attached hydrogens (tertiary/aromatic N) is 1. The predicted octanol–water partition coefficient (Wildman–Crippen LogP) is 2.44. The number of methoxy groups -OCH3 is 1. The maximum Gasteiger partial charge on any atom is 0.313 e. The molecule has 0 spiro atoms. The molecule has 2 aromatic carbocycles. The second kappa shape index (κ2) is 9.87. The molecule has 3 amide bonds. The van der Waals surface area contributed by atoms with Gasteiger partial charge in [0.1, 0.15) is 11.6 Å². The van der Waals surface area contributed by atoms with Crippen LogP contribution in [-0.2, 0) is 9.59 Å². The predicted molar refractivity (Wildman–Crippen MR) is 110 cm³/mol. The maximum absolute atomic E-state index is 13.8. The summed E-state index contributed by atoms with van der Waals surface area (Å²) in [7, 11) is 1.48. The van der Waals surface area contributed by atoms with Gasteiger partial charge in [0.25, 0.3) is 5.91 Å². The van der Waals surface area contributed by atoms with Crippen molar-refractivity contribution in [3.05, 3.63) is 59.9 Å². The van der Waals surface area contributed by atoms with E-state index < -0.39 is 17.6 Å². The highest BCUT2D eigenvalue weighted by atomic mass is 19.1. The van der Waals surface area contributed by atoms with Crippen molar-refractivity contribution in [1.29, 1.82) is 0 Å². The molecule has 7 nitrogen and oxygen atoms in total. The average Bonchev–Trinajstić information content (AvgIpc) is 2.78. The molecule has 0 radical (unpaired) electrons. The monoisotopic (exact) mass is 413 g/mol. The summed E-state index contributed by atoms with van der Waals surface area (Å²) in [5.74, 6) is -1.76. The summed E-state index contributed by atoms with van der Waals surface area (Å²) >= 11 is 0. The lowest BCUT2D eigenvalue weighted by Crippen LogP contribution is -2.43. The molecule has 30 heavy (non-hydrogen) atoms. The van der Waals surface area contributed by atoms with Crippen LogP contribution in [0.1, 0.15) is 23.2 Å². The van der Waals surface area contributed by atoms with Gasteiger partial charge in [-0.15, -0.1) is 0 Å². The van der Waals surface area contributed by atoms with E-state index in [4.69, 9.17) is 4.74 Å². The second-order valence-electron chi connectivity index (χ2n) is 7.08. The number of ether oxygens (including phenoxy) is 1. The molecule has 0 unspecified atom stereocenters. The van der Waals surface area contributed by atoms with Crippen LogP contribution in [0.4, 0.5) is 10.1 Å². The average molecular weight is 413 g/mol. The van der Waals surface area contributed by atoms with E-state index >= 15 is 0 Å². The van der Waals surface area contributed by atoms with Gasteiger partial charge in [0, 0.05) is 19.6 Å². The van der Waals surface area contributed by atoms with Crippen LogP contribution in [0.2, 0.25) is 0 Å². The zero-order valence-corrected chi connectivity index (χ0v) is 16.7. The number of benzene rings is 2. The molecule has 8 heteroatoms. The summed E-state index contributed by atoms with van der Waals surface area (Å²) in [5.41, 5.74) is 0.484. The first-order valence-electron chi connectivity index (χ1n) is 9.75. The molecule has 3 rings (SSSR count).